The quantitative estimate of drug-likeness (QED) is 0.191. The van der Waals surface area contributed by atoms with Crippen molar-refractivity contribution < 1.29 is 9.53 Å². The van der Waals surface area contributed by atoms with Gasteiger partial charge in [-0.15, -0.1) is 24.0 Å². The molecule has 1 aliphatic rings. The summed E-state index contributed by atoms with van der Waals surface area (Å²) in [5, 5.41) is 6.72. The summed E-state index contributed by atoms with van der Waals surface area (Å²) < 4.78 is 5.45. The molecule has 1 amide bonds. The van der Waals surface area contributed by atoms with Gasteiger partial charge in [0.1, 0.15) is 5.60 Å². The summed E-state index contributed by atoms with van der Waals surface area (Å²) in [4.78, 5) is 21.0. The van der Waals surface area contributed by atoms with E-state index in [1.807, 2.05) is 37.4 Å². The minimum absolute atomic E-state index is 0. The fraction of sp³-hybridized carbons (Fsp3) is 0.900. The number of amides is 1. The number of unbranched alkanes of at least 4 members (excludes halogenated alkanes) is 1. The molecule has 0 saturated carbocycles. The van der Waals surface area contributed by atoms with Crippen molar-refractivity contribution in [1.29, 1.82) is 0 Å². The van der Waals surface area contributed by atoms with Crippen LogP contribution in [0.2, 0.25) is 0 Å². The van der Waals surface area contributed by atoms with E-state index in [2.05, 4.69) is 33.7 Å². The zero-order chi connectivity index (χ0) is 20.8. The third kappa shape index (κ3) is 14.3. The molecule has 0 aromatic heterocycles. The van der Waals surface area contributed by atoms with E-state index in [9.17, 15) is 4.79 Å². The molecule has 9 heteroatoms. The lowest BCUT2D eigenvalue weighted by atomic mass is 10.2. The molecule has 1 rings (SSSR count). The van der Waals surface area contributed by atoms with Crippen LogP contribution in [0, 0.1) is 0 Å². The number of guanidine groups is 1. The molecule has 2 N–H and O–H groups in total. The van der Waals surface area contributed by atoms with Crippen molar-refractivity contribution >= 4 is 47.8 Å². The lowest BCUT2D eigenvalue weighted by molar-refractivity contribution is 0.0145. The van der Waals surface area contributed by atoms with Gasteiger partial charge < -0.3 is 20.3 Å². The zero-order valence-corrected chi connectivity index (χ0v) is 22.1. The maximum atomic E-state index is 12.1. The molecule has 1 heterocycles. The molecule has 0 spiro atoms. The van der Waals surface area contributed by atoms with E-state index in [1.165, 1.54) is 18.6 Å². The van der Waals surface area contributed by atoms with Crippen molar-refractivity contribution in [2.24, 2.45) is 4.99 Å². The number of nitrogens with zero attached hydrogens (tertiary/aromatic N) is 3. The van der Waals surface area contributed by atoms with E-state index in [4.69, 9.17) is 4.74 Å². The van der Waals surface area contributed by atoms with Crippen LogP contribution in [0.5, 0.6) is 0 Å². The second-order valence-corrected chi connectivity index (χ2v) is 9.04. The highest BCUT2D eigenvalue weighted by Crippen LogP contribution is 2.12. The molecule has 7 nitrogen and oxygen atoms in total. The van der Waals surface area contributed by atoms with Gasteiger partial charge in [-0.05, 0) is 59.0 Å². The van der Waals surface area contributed by atoms with Gasteiger partial charge in [0.25, 0.3) is 0 Å². The number of piperazine rings is 1. The molecule has 29 heavy (non-hydrogen) atoms. The lowest BCUT2D eigenvalue weighted by Gasteiger charge is -2.35. The van der Waals surface area contributed by atoms with E-state index in [1.54, 1.807) is 0 Å². The standard InChI is InChI=1S/C20H41N5O2S.HI/c1-6-21-18(22-10-7-8-17-28-5)23-11-9-12-24-13-15-25(16-14-24)19(26)27-20(2,3)4;/h6-17H2,1-5H3,(H2,21,22,23);1H. The van der Waals surface area contributed by atoms with Crippen LogP contribution < -0.4 is 10.6 Å². The summed E-state index contributed by atoms with van der Waals surface area (Å²) in [7, 11) is 0. The Bertz CT molecular complexity index is 466. The van der Waals surface area contributed by atoms with Gasteiger partial charge in [-0.1, -0.05) is 0 Å². The summed E-state index contributed by atoms with van der Waals surface area (Å²) in [5.74, 6) is 2.14. The highest BCUT2D eigenvalue weighted by molar-refractivity contribution is 14.0. The molecule has 0 radical (unpaired) electrons. The first-order valence-corrected chi connectivity index (χ1v) is 12.0. The predicted molar refractivity (Wildman–Crippen MR) is 136 cm³/mol. The number of rotatable bonds is 10. The van der Waals surface area contributed by atoms with Crippen LogP contribution in [-0.4, -0.2) is 91.8 Å². The normalized spacial score (nSPS) is 15.6. The third-order valence-electron chi connectivity index (χ3n) is 4.34. The fourth-order valence-electron chi connectivity index (χ4n) is 2.89. The average molecular weight is 544 g/mol. The van der Waals surface area contributed by atoms with Gasteiger partial charge in [0.2, 0.25) is 0 Å². The van der Waals surface area contributed by atoms with Crippen molar-refractivity contribution in [3.8, 4) is 0 Å². The van der Waals surface area contributed by atoms with Crippen molar-refractivity contribution in [3.05, 3.63) is 0 Å². The van der Waals surface area contributed by atoms with Crippen LogP contribution in [0.15, 0.2) is 4.99 Å². The fourth-order valence-corrected chi connectivity index (χ4v) is 3.38. The minimum atomic E-state index is -0.431. The molecule has 0 unspecified atom stereocenters. The molecule has 0 aromatic rings. The van der Waals surface area contributed by atoms with Crippen molar-refractivity contribution in [3.63, 3.8) is 0 Å². The number of carbonyl (C=O) groups is 1. The third-order valence-corrected chi connectivity index (χ3v) is 5.04. The monoisotopic (exact) mass is 543 g/mol. The number of halogens is 1. The molecule has 1 saturated heterocycles. The second kappa shape index (κ2) is 16.3. The average Bonchev–Trinajstić information content (AvgIpc) is 2.64. The molecule has 0 aliphatic carbocycles. The number of carbonyl (C=O) groups excluding carboxylic acids is 1. The summed E-state index contributed by atoms with van der Waals surface area (Å²) in [6.45, 7) is 14.8. The van der Waals surface area contributed by atoms with E-state index >= 15 is 0 Å². The molecular formula is C20H42IN5O2S. The number of hydrogen-bond acceptors (Lipinski definition) is 5. The summed E-state index contributed by atoms with van der Waals surface area (Å²) in [6.07, 6.45) is 5.39. The topological polar surface area (TPSA) is 69.2 Å². The van der Waals surface area contributed by atoms with Crippen LogP contribution in [0.1, 0.15) is 47.0 Å². The van der Waals surface area contributed by atoms with Gasteiger partial charge in [-0.3, -0.25) is 9.89 Å². The van der Waals surface area contributed by atoms with Crippen LogP contribution in [0.3, 0.4) is 0 Å². The number of thioether (sulfide) groups is 1. The maximum absolute atomic E-state index is 12.1. The SMILES string of the molecule is CCNC(=NCCCN1CCN(C(=O)OC(C)(C)C)CC1)NCCCCSC.I. The van der Waals surface area contributed by atoms with Gasteiger partial charge >= 0.3 is 6.09 Å². The van der Waals surface area contributed by atoms with Gasteiger partial charge in [0.15, 0.2) is 5.96 Å². The van der Waals surface area contributed by atoms with E-state index in [0.717, 1.165) is 64.7 Å². The second-order valence-electron chi connectivity index (χ2n) is 8.05. The Hall–Kier alpha value is -0.420. The lowest BCUT2D eigenvalue weighted by Crippen LogP contribution is -2.50. The number of hydrogen-bond donors (Lipinski definition) is 2. The Morgan fingerprint density at radius 2 is 1.79 bits per heavy atom. The van der Waals surface area contributed by atoms with Crippen molar-refractivity contribution in [2.45, 2.75) is 52.6 Å². The maximum Gasteiger partial charge on any atom is 0.410 e. The molecule has 0 atom stereocenters. The van der Waals surface area contributed by atoms with Crippen LogP contribution in [-0.2, 0) is 4.74 Å². The predicted octanol–water partition coefficient (Wildman–Crippen LogP) is 3.25. The smallest absolute Gasteiger partial charge is 0.410 e. The van der Waals surface area contributed by atoms with E-state index in [0.29, 0.717) is 0 Å². The molecule has 1 fully saturated rings. The summed E-state index contributed by atoms with van der Waals surface area (Å²) in [6, 6.07) is 0. The Morgan fingerprint density at radius 3 is 2.38 bits per heavy atom. The van der Waals surface area contributed by atoms with Crippen molar-refractivity contribution in [2.75, 3.05) is 64.4 Å². The van der Waals surface area contributed by atoms with Gasteiger partial charge in [0, 0.05) is 52.4 Å². The van der Waals surface area contributed by atoms with Gasteiger partial charge in [-0.2, -0.15) is 11.8 Å². The van der Waals surface area contributed by atoms with E-state index < -0.39 is 5.60 Å². The molecule has 0 bridgehead atoms. The first kappa shape index (κ1) is 28.6. The van der Waals surface area contributed by atoms with Crippen molar-refractivity contribution in [1.82, 2.24) is 20.4 Å². The molecule has 172 valence electrons. The Kier molecular flexibility index (Phi) is 16.1. The Morgan fingerprint density at radius 1 is 1.10 bits per heavy atom. The summed E-state index contributed by atoms with van der Waals surface area (Å²) in [5.41, 5.74) is -0.431. The minimum Gasteiger partial charge on any atom is -0.444 e. The molecular weight excluding hydrogens is 501 g/mol. The first-order chi connectivity index (χ1) is 13.4. The summed E-state index contributed by atoms with van der Waals surface area (Å²) >= 11 is 1.90. The first-order valence-electron chi connectivity index (χ1n) is 10.6. The molecule has 1 aliphatic heterocycles. The highest BCUT2D eigenvalue weighted by Gasteiger charge is 2.25. The van der Waals surface area contributed by atoms with E-state index in [-0.39, 0.29) is 30.1 Å². The number of ether oxygens (including phenoxy) is 1. The number of aliphatic imine (C=N–C) groups is 1. The van der Waals surface area contributed by atoms with Crippen LogP contribution in [0.4, 0.5) is 4.79 Å². The molecule has 0 aromatic carbocycles. The van der Waals surface area contributed by atoms with Gasteiger partial charge in [0.05, 0.1) is 0 Å². The van der Waals surface area contributed by atoms with Crippen LogP contribution in [0.25, 0.3) is 0 Å². The largest absolute Gasteiger partial charge is 0.444 e. The highest BCUT2D eigenvalue weighted by atomic mass is 127. The number of nitrogens with one attached hydrogen (secondary N) is 2. The van der Waals surface area contributed by atoms with Gasteiger partial charge in [-0.25, -0.2) is 4.79 Å². The Balaban J connectivity index is 0.00000784. The van der Waals surface area contributed by atoms with Crippen LogP contribution >= 0.6 is 35.7 Å². The Labute approximate surface area is 199 Å². The zero-order valence-electron chi connectivity index (χ0n) is 19.0.